The number of carbonyl (C=O) groups is 1. The Morgan fingerprint density at radius 3 is 2.61 bits per heavy atom. The maximum absolute atomic E-state index is 12.9. The third-order valence-corrected chi connectivity index (χ3v) is 6.87. The molecular weight excluding hydrogens is 374 g/mol. The Morgan fingerprint density at radius 1 is 1.00 bits per heavy atom. The predicted octanol–water partition coefficient (Wildman–Crippen LogP) is 3.66. The zero-order valence-electron chi connectivity index (χ0n) is 15.3. The molecule has 0 saturated carbocycles. The van der Waals surface area contributed by atoms with Crippen molar-refractivity contribution in [2.45, 2.75) is 24.2 Å². The van der Waals surface area contributed by atoms with Crippen molar-refractivity contribution in [1.29, 1.82) is 0 Å². The molecule has 0 spiro atoms. The van der Waals surface area contributed by atoms with Gasteiger partial charge in [0.2, 0.25) is 10.0 Å². The zero-order valence-corrected chi connectivity index (χ0v) is 16.2. The van der Waals surface area contributed by atoms with Crippen LogP contribution >= 0.6 is 0 Å². The lowest BCUT2D eigenvalue weighted by Crippen LogP contribution is -2.35. The number of hydrogen-bond donors (Lipinski definition) is 1. The molecule has 144 valence electrons. The van der Waals surface area contributed by atoms with Crippen LogP contribution in [-0.2, 0) is 10.0 Å². The van der Waals surface area contributed by atoms with Crippen LogP contribution in [-0.4, -0.2) is 36.7 Å². The Balaban J connectivity index is 1.61. The number of amides is 1. The Morgan fingerprint density at radius 2 is 1.79 bits per heavy atom. The molecule has 1 aliphatic rings. The minimum Gasteiger partial charge on any atom is -0.321 e. The molecule has 1 N–H and O–H groups in total. The Bertz CT molecular complexity index is 1120. The van der Waals surface area contributed by atoms with Crippen LogP contribution in [0, 0.1) is 0 Å². The maximum Gasteiger partial charge on any atom is 0.255 e. The first-order chi connectivity index (χ1) is 13.6. The van der Waals surface area contributed by atoms with Gasteiger partial charge in [-0.3, -0.25) is 9.78 Å². The topological polar surface area (TPSA) is 79.4 Å². The van der Waals surface area contributed by atoms with Crippen LogP contribution in [0.1, 0.15) is 29.6 Å². The van der Waals surface area contributed by atoms with Crippen LogP contribution in [0.4, 0.5) is 5.69 Å². The number of sulfonamides is 1. The molecule has 1 aliphatic heterocycles. The summed E-state index contributed by atoms with van der Waals surface area (Å²) in [7, 11) is -3.58. The number of aromatic nitrogens is 1. The van der Waals surface area contributed by atoms with E-state index in [1.807, 2.05) is 24.3 Å². The van der Waals surface area contributed by atoms with Crippen molar-refractivity contribution in [3.8, 4) is 0 Å². The molecule has 7 heteroatoms. The van der Waals surface area contributed by atoms with Gasteiger partial charge in [-0.25, -0.2) is 8.42 Å². The van der Waals surface area contributed by atoms with Gasteiger partial charge in [-0.2, -0.15) is 4.31 Å². The number of carbonyl (C=O) groups excluding carboxylic acids is 1. The molecule has 0 radical (unpaired) electrons. The lowest BCUT2D eigenvalue weighted by atomic mass is 10.1. The molecule has 1 fully saturated rings. The number of hydrogen-bond acceptors (Lipinski definition) is 4. The van der Waals surface area contributed by atoms with Gasteiger partial charge in [0.05, 0.1) is 4.90 Å². The summed E-state index contributed by atoms with van der Waals surface area (Å²) in [5.41, 5.74) is 0.971. The van der Waals surface area contributed by atoms with Gasteiger partial charge in [-0.05, 0) is 43.2 Å². The number of rotatable bonds is 4. The second-order valence-electron chi connectivity index (χ2n) is 6.85. The van der Waals surface area contributed by atoms with Gasteiger partial charge >= 0.3 is 0 Å². The van der Waals surface area contributed by atoms with E-state index in [0.29, 0.717) is 24.3 Å². The second-order valence-corrected chi connectivity index (χ2v) is 8.79. The van der Waals surface area contributed by atoms with Gasteiger partial charge in [-0.1, -0.05) is 24.6 Å². The van der Waals surface area contributed by atoms with E-state index in [-0.39, 0.29) is 10.8 Å². The van der Waals surface area contributed by atoms with Gasteiger partial charge in [0.1, 0.15) is 0 Å². The van der Waals surface area contributed by atoms with Crippen LogP contribution in [0.2, 0.25) is 0 Å². The molecule has 1 amide bonds. The molecule has 0 bridgehead atoms. The Hall–Kier alpha value is -2.77. The van der Waals surface area contributed by atoms with Crippen molar-refractivity contribution in [2.24, 2.45) is 0 Å². The monoisotopic (exact) mass is 395 g/mol. The Kier molecular flexibility index (Phi) is 5.11. The highest BCUT2D eigenvalue weighted by atomic mass is 32.2. The number of fused-ring (bicyclic) bond motifs is 1. The van der Waals surface area contributed by atoms with Crippen LogP contribution in [0.15, 0.2) is 65.8 Å². The number of anilines is 1. The molecule has 2 aromatic carbocycles. The van der Waals surface area contributed by atoms with E-state index in [2.05, 4.69) is 10.3 Å². The van der Waals surface area contributed by atoms with Crippen LogP contribution in [0.5, 0.6) is 0 Å². The average molecular weight is 395 g/mol. The molecule has 4 rings (SSSR count). The van der Waals surface area contributed by atoms with E-state index in [1.54, 1.807) is 30.6 Å². The Labute approximate surface area is 164 Å². The molecular formula is C21H21N3O3S. The summed E-state index contributed by atoms with van der Waals surface area (Å²) in [6.07, 6.45) is 6.19. The second kappa shape index (κ2) is 7.69. The molecule has 3 aromatic rings. The van der Waals surface area contributed by atoms with E-state index in [4.69, 9.17) is 0 Å². The first-order valence-electron chi connectivity index (χ1n) is 9.30. The molecule has 0 atom stereocenters. The van der Waals surface area contributed by atoms with Gasteiger partial charge in [0.25, 0.3) is 5.91 Å². The quantitative estimate of drug-likeness (QED) is 0.731. The summed E-state index contributed by atoms with van der Waals surface area (Å²) >= 11 is 0. The fraction of sp³-hybridized carbons (Fsp3) is 0.238. The summed E-state index contributed by atoms with van der Waals surface area (Å²) in [4.78, 5) is 17.0. The highest BCUT2D eigenvalue weighted by molar-refractivity contribution is 7.89. The van der Waals surface area contributed by atoms with Crippen molar-refractivity contribution >= 4 is 32.4 Å². The average Bonchev–Trinajstić information content (AvgIpc) is 2.75. The molecule has 0 aliphatic carbocycles. The number of nitrogens with one attached hydrogen (secondary N) is 1. The van der Waals surface area contributed by atoms with Crippen molar-refractivity contribution in [3.63, 3.8) is 0 Å². The minimum absolute atomic E-state index is 0.157. The van der Waals surface area contributed by atoms with E-state index in [0.717, 1.165) is 30.0 Å². The van der Waals surface area contributed by atoms with Crippen molar-refractivity contribution in [1.82, 2.24) is 9.29 Å². The van der Waals surface area contributed by atoms with E-state index in [9.17, 15) is 13.2 Å². The van der Waals surface area contributed by atoms with E-state index < -0.39 is 10.0 Å². The molecule has 1 saturated heterocycles. The predicted molar refractivity (Wildman–Crippen MR) is 109 cm³/mol. The third-order valence-electron chi connectivity index (χ3n) is 4.98. The van der Waals surface area contributed by atoms with Crippen molar-refractivity contribution in [3.05, 3.63) is 66.5 Å². The minimum atomic E-state index is -3.58. The highest BCUT2D eigenvalue weighted by Crippen LogP contribution is 2.24. The standard InChI is InChI=1S/C21H21N3O3S/c25-21(23-20-9-5-7-17-15-22-11-10-19(17)20)16-6-4-8-18(14-16)28(26,27)24-12-2-1-3-13-24/h4-11,14-15H,1-3,12-13H2,(H,23,25). The molecule has 2 heterocycles. The number of pyridine rings is 1. The highest BCUT2D eigenvalue weighted by Gasteiger charge is 2.26. The fourth-order valence-corrected chi connectivity index (χ4v) is 5.04. The summed E-state index contributed by atoms with van der Waals surface area (Å²) < 4.78 is 27.3. The number of nitrogens with zero attached hydrogens (tertiary/aromatic N) is 2. The summed E-state index contributed by atoms with van der Waals surface area (Å²) in [6, 6.07) is 13.6. The maximum atomic E-state index is 12.9. The van der Waals surface area contributed by atoms with Crippen molar-refractivity contribution in [2.75, 3.05) is 18.4 Å². The molecule has 0 unspecified atom stereocenters. The van der Waals surface area contributed by atoms with Gasteiger partial charge in [0, 0.05) is 47.5 Å². The summed E-state index contributed by atoms with van der Waals surface area (Å²) in [6.45, 7) is 1.06. The largest absolute Gasteiger partial charge is 0.321 e. The van der Waals surface area contributed by atoms with Gasteiger partial charge in [0.15, 0.2) is 0 Å². The van der Waals surface area contributed by atoms with Crippen LogP contribution < -0.4 is 5.32 Å². The molecule has 6 nitrogen and oxygen atoms in total. The zero-order chi connectivity index (χ0) is 19.6. The smallest absolute Gasteiger partial charge is 0.255 e. The summed E-state index contributed by atoms with van der Waals surface area (Å²) in [5, 5.41) is 4.68. The van der Waals surface area contributed by atoms with Gasteiger partial charge in [-0.15, -0.1) is 0 Å². The van der Waals surface area contributed by atoms with E-state index in [1.165, 1.54) is 10.4 Å². The van der Waals surface area contributed by atoms with Crippen LogP contribution in [0.3, 0.4) is 0 Å². The lowest BCUT2D eigenvalue weighted by molar-refractivity contribution is 0.102. The fourth-order valence-electron chi connectivity index (χ4n) is 3.48. The molecule has 28 heavy (non-hydrogen) atoms. The number of piperidine rings is 1. The molecule has 1 aromatic heterocycles. The SMILES string of the molecule is O=C(Nc1cccc2cnccc12)c1cccc(S(=O)(=O)N2CCCCC2)c1. The summed E-state index contributed by atoms with van der Waals surface area (Å²) in [5.74, 6) is -0.347. The van der Waals surface area contributed by atoms with E-state index >= 15 is 0 Å². The first-order valence-corrected chi connectivity index (χ1v) is 10.7. The third kappa shape index (κ3) is 3.63. The normalized spacial score (nSPS) is 15.4. The van der Waals surface area contributed by atoms with Crippen molar-refractivity contribution < 1.29 is 13.2 Å². The van der Waals surface area contributed by atoms with Crippen LogP contribution in [0.25, 0.3) is 10.8 Å². The first kappa shape index (κ1) is 18.6. The number of benzene rings is 2. The van der Waals surface area contributed by atoms with Gasteiger partial charge < -0.3 is 5.32 Å². The lowest BCUT2D eigenvalue weighted by Gasteiger charge is -2.26.